The fraction of sp³-hybridized carbons (Fsp3) is 0.667. The Morgan fingerprint density at radius 3 is 2.35 bits per heavy atom. The third-order valence-electron chi connectivity index (χ3n) is 3.17. The second-order valence-electron chi connectivity index (χ2n) is 6.67. The lowest BCUT2D eigenvalue weighted by Gasteiger charge is -2.26. The van der Waals surface area contributed by atoms with E-state index in [2.05, 4.69) is 25.8 Å². The van der Waals surface area contributed by atoms with Crippen molar-refractivity contribution in [3.63, 3.8) is 0 Å². The van der Waals surface area contributed by atoms with Gasteiger partial charge in [-0.3, -0.25) is 4.98 Å². The van der Waals surface area contributed by atoms with Crippen molar-refractivity contribution in [3.8, 4) is 0 Å². The van der Waals surface area contributed by atoms with E-state index < -0.39 is 17.8 Å². The van der Waals surface area contributed by atoms with Crippen molar-refractivity contribution < 1.29 is 13.2 Å². The summed E-state index contributed by atoms with van der Waals surface area (Å²) in [5, 5.41) is 0. The molecule has 2 N–H and O–H groups in total. The number of nitrogens with two attached hydrogens (primary N) is 1. The molecule has 0 aliphatic rings. The molecule has 114 valence electrons. The Morgan fingerprint density at radius 1 is 1.25 bits per heavy atom. The summed E-state index contributed by atoms with van der Waals surface area (Å²) in [7, 11) is 0. The first-order valence-electron chi connectivity index (χ1n) is 6.77. The zero-order chi connectivity index (χ0) is 15.6. The lowest BCUT2D eigenvalue weighted by Crippen LogP contribution is -2.21. The maximum absolute atomic E-state index is 12.9. The summed E-state index contributed by atoms with van der Waals surface area (Å²) in [5.74, 6) is 0.256. The fourth-order valence-electron chi connectivity index (χ4n) is 2.65. The summed E-state index contributed by atoms with van der Waals surface area (Å²) in [5.41, 5.74) is 5.52. The quantitative estimate of drug-likeness (QED) is 0.882. The molecule has 0 bridgehead atoms. The van der Waals surface area contributed by atoms with E-state index in [0.717, 1.165) is 18.7 Å². The van der Waals surface area contributed by atoms with Crippen LogP contribution in [0.5, 0.6) is 0 Å². The molecular formula is C15H23F3N2. The molecule has 0 amide bonds. The molecule has 5 heteroatoms. The molecule has 0 aliphatic heterocycles. The minimum atomic E-state index is -4.39. The molecule has 1 heterocycles. The van der Waals surface area contributed by atoms with Crippen LogP contribution in [0.4, 0.5) is 13.2 Å². The van der Waals surface area contributed by atoms with Crippen LogP contribution in [0.1, 0.15) is 57.7 Å². The van der Waals surface area contributed by atoms with Crippen molar-refractivity contribution in [3.05, 3.63) is 29.6 Å². The Kier molecular flexibility index (Phi) is 5.19. The van der Waals surface area contributed by atoms with Gasteiger partial charge in [-0.25, -0.2) is 0 Å². The Balaban J connectivity index is 2.86. The molecule has 1 rings (SSSR count). The summed E-state index contributed by atoms with van der Waals surface area (Å²) in [6.45, 7) is 8.36. The highest BCUT2D eigenvalue weighted by Gasteiger charge is 2.35. The predicted octanol–water partition coefficient (Wildman–Crippen LogP) is 4.56. The van der Waals surface area contributed by atoms with Crippen molar-refractivity contribution >= 4 is 0 Å². The third-order valence-corrected chi connectivity index (χ3v) is 3.17. The van der Waals surface area contributed by atoms with E-state index in [-0.39, 0.29) is 16.9 Å². The Bertz CT molecular complexity index is 435. The van der Waals surface area contributed by atoms with Crippen LogP contribution in [0.3, 0.4) is 0 Å². The number of pyridine rings is 1. The highest BCUT2D eigenvalue weighted by atomic mass is 19.4. The van der Waals surface area contributed by atoms with Crippen molar-refractivity contribution in [1.29, 1.82) is 0 Å². The van der Waals surface area contributed by atoms with E-state index in [4.69, 9.17) is 5.73 Å². The van der Waals surface area contributed by atoms with Gasteiger partial charge in [0.25, 0.3) is 0 Å². The molecule has 1 aromatic rings. The number of aromatic nitrogens is 1. The zero-order valence-electron chi connectivity index (χ0n) is 12.5. The van der Waals surface area contributed by atoms with Gasteiger partial charge < -0.3 is 5.73 Å². The average molecular weight is 288 g/mol. The lowest BCUT2D eigenvalue weighted by atomic mass is 9.82. The van der Waals surface area contributed by atoms with E-state index in [1.165, 1.54) is 6.20 Å². The van der Waals surface area contributed by atoms with E-state index in [9.17, 15) is 13.2 Å². The molecule has 0 saturated heterocycles. The molecule has 2 nitrogen and oxygen atoms in total. The molecule has 1 aromatic heterocycles. The summed E-state index contributed by atoms with van der Waals surface area (Å²) in [6, 6.07) is 0.349. The van der Waals surface area contributed by atoms with Crippen molar-refractivity contribution in [1.82, 2.24) is 4.98 Å². The topological polar surface area (TPSA) is 38.9 Å². The van der Waals surface area contributed by atoms with Crippen LogP contribution in [-0.2, 0) is 6.18 Å². The van der Waals surface area contributed by atoms with Gasteiger partial charge in [0.2, 0.25) is 0 Å². The standard InChI is InChI=1S/C15H23F3N2/c1-10(8-14(2,3)4)7-13(19)11-9-20-6-5-12(11)15(16,17)18/h5-6,9-10,13H,7-8,19H2,1-4H3. The molecule has 0 spiro atoms. The Hall–Kier alpha value is -1.10. The average Bonchev–Trinajstić information content (AvgIpc) is 2.25. The molecular weight excluding hydrogens is 265 g/mol. The van der Waals surface area contributed by atoms with E-state index in [1.54, 1.807) is 0 Å². The van der Waals surface area contributed by atoms with Gasteiger partial charge >= 0.3 is 6.18 Å². The molecule has 0 aliphatic carbocycles. The van der Waals surface area contributed by atoms with Crippen molar-refractivity contribution in [2.24, 2.45) is 17.1 Å². The zero-order valence-corrected chi connectivity index (χ0v) is 12.5. The van der Waals surface area contributed by atoms with E-state index in [0.29, 0.717) is 6.42 Å². The van der Waals surface area contributed by atoms with Crippen LogP contribution in [0.15, 0.2) is 18.5 Å². The van der Waals surface area contributed by atoms with E-state index in [1.807, 2.05) is 6.92 Å². The summed E-state index contributed by atoms with van der Waals surface area (Å²) >= 11 is 0. The van der Waals surface area contributed by atoms with Gasteiger partial charge in [0.1, 0.15) is 0 Å². The number of alkyl halides is 3. The van der Waals surface area contributed by atoms with E-state index >= 15 is 0 Å². The van der Waals surface area contributed by atoms with Crippen LogP contribution < -0.4 is 5.73 Å². The summed E-state index contributed by atoms with van der Waals surface area (Å²) in [4.78, 5) is 3.78. The fourth-order valence-corrected chi connectivity index (χ4v) is 2.65. The van der Waals surface area contributed by atoms with Crippen LogP contribution in [-0.4, -0.2) is 4.98 Å². The van der Waals surface area contributed by atoms with Gasteiger partial charge in [0.05, 0.1) is 5.56 Å². The van der Waals surface area contributed by atoms with Gasteiger partial charge in [-0.15, -0.1) is 0 Å². The smallest absolute Gasteiger partial charge is 0.324 e. The maximum atomic E-state index is 12.9. The molecule has 0 fully saturated rings. The number of nitrogens with zero attached hydrogens (tertiary/aromatic N) is 1. The summed E-state index contributed by atoms with van der Waals surface area (Å²) in [6.07, 6.45) is -0.563. The summed E-state index contributed by atoms with van der Waals surface area (Å²) < 4.78 is 38.8. The maximum Gasteiger partial charge on any atom is 0.416 e. The lowest BCUT2D eigenvalue weighted by molar-refractivity contribution is -0.138. The molecule has 2 atom stereocenters. The molecule has 0 saturated carbocycles. The molecule has 0 aromatic carbocycles. The van der Waals surface area contributed by atoms with Gasteiger partial charge in [-0.2, -0.15) is 13.2 Å². The first-order valence-corrected chi connectivity index (χ1v) is 6.77. The number of halogens is 3. The van der Waals surface area contributed by atoms with Crippen LogP contribution in [0.2, 0.25) is 0 Å². The van der Waals surface area contributed by atoms with Crippen molar-refractivity contribution in [2.75, 3.05) is 0 Å². The van der Waals surface area contributed by atoms with Crippen LogP contribution >= 0.6 is 0 Å². The SMILES string of the molecule is CC(CC(N)c1cnccc1C(F)(F)F)CC(C)(C)C. The van der Waals surface area contributed by atoms with Gasteiger partial charge in [-0.1, -0.05) is 27.7 Å². The normalized spacial score (nSPS) is 16.0. The molecule has 2 unspecified atom stereocenters. The minimum absolute atomic E-state index is 0.0840. The Labute approximate surface area is 118 Å². The van der Waals surface area contributed by atoms with Gasteiger partial charge in [-0.05, 0) is 35.8 Å². The Morgan fingerprint density at radius 2 is 1.85 bits per heavy atom. The first-order chi connectivity index (χ1) is 9.00. The molecule has 20 heavy (non-hydrogen) atoms. The highest BCUT2D eigenvalue weighted by Crippen LogP contribution is 2.36. The second kappa shape index (κ2) is 6.12. The molecule has 0 radical (unpaired) electrons. The second-order valence-corrected chi connectivity index (χ2v) is 6.67. The number of rotatable bonds is 4. The van der Waals surface area contributed by atoms with Crippen LogP contribution in [0.25, 0.3) is 0 Å². The minimum Gasteiger partial charge on any atom is -0.324 e. The highest BCUT2D eigenvalue weighted by molar-refractivity contribution is 5.29. The number of hydrogen-bond donors (Lipinski definition) is 1. The number of hydrogen-bond acceptors (Lipinski definition) is 2. The first kappa shape index (κ1) is 17.0. The largest absolute Gasteiger partial charge is 0.416 e. The predicted molar refractivity (Wildman–Crippen MR) is 74.0 cm³/mol. The monoisotopic (exact) mass is 288 g/mol. The van der Waals surface area contributed by atoms with Gasteiger partial charge in [0, 0.05) is 18.4 Å². The van der Waals surface area contributed by atoms with Gasteiger partial charge in [0.15, 0.2) is 0 Å². The van der Waals surface area contributed by atoms with Crippen molar-refractivity contribution in [2.45, 2.75) is 52.8 Å². The van der Waals surface area contributed by atoms with Crippen LogP contribution in [0, 0.1) is 11.3 Å². The third kappa shape index (κ3) is 5.12.